The molecule has 234 valence electrons. The quantitative estimate of drug-likeness (QED) is 0.178. The van der Waals surface area contributed by atoms with Crippen LogP contribution < -0.4 is 0 Å². The predicted molar refractivity (Wildman–Crippen MR) is 211 cm³/mol. The van der Waals surface area contributed by atoms with Gasteiger partial charge >= 0.3 is 0 Å². The molecule has 0 radical (unpaired) electrons. The molecule has 10 rings (SSSR count). The predicted octanol–water partition coefficient (Wildman–Crippen LogP) is 12.9. The molecule has 10 aromatic rings. The summed E-state index contributed by atoms with van der Waals surface area (Å²) in [6.07, 6.45) is 0. The van der Waals surface area contributed by atoms with Crippen molar-refractivity contribution in [3.05, 3.63) is 194 Å². The van der Waals surface area contributed by atoms with Crippen LogP contribution in [0.3, 0.4) is 0 Å². The smallest absolute Gasteiger partial charge is 0.0562 e. The van der Waals surface area contributed by atoms with Crippen molar-refractivity contribution < 1.29 is 0 Å². The van der Waals surface area contributed by atoms with E-state index in [9.17, 15) is 0 Å². The average Bonchev–Trinajstić information content (AvgIpc) is 3.72. The maximum absolute atomic E-state index is 2.48. The molecule has 0 bridgehead atoms. The van der Waals surface area contributed by atoms with Crippen molar-refractivity contribution in [3.63, 3.8) is 0 Å². The van der Waals surface area contributed by atoms with Gasteiger partial charge in [-0.25, -0.2) is 0 Å². The molecule has 0 saturated carbocycles. The SMILES string of the molecule is c1ccc(-c2cccc(-c3cccc4c3c3ccccc3n4-c3cccc4c3c3ccccc3n4-c3cccc(-c4ccccc4)c3)c2)cc1. The fraction of sp³-hybridized carbons (Fsp3) is 0. The lowest BCUT2D eigenvalue weighted by molar-refractivity contribution is 1.17. The minimum absolute atomic E-state index is 1.15. The van der Waals surface area contributed by atoms with Crippen molar-refractivity contribution >= 4 is 43.6 Å². The summed E-state index contributed by atoms with van der Waals surface area (Å²) in [6, 6.07) is 70.3. The van der Waals surface area contributed by atoms with Gasteiger partial charge in [0, 0.05) is 27.2 Å². The summed E-state index contributed by atoms with van der Waals surface area (Å²) >= 11 is 0. The second-order valence-corrected chi connectivity index (χ2v) is 12.9. The summed E-state index contributed by atoms with van der Waals surface area (Å²) in [4.78, 5) is 0. The van der Waals surface area contributed by atoms with E-state index in [2.05, 4.69) is 203 Å². The van der Waals surface area contributed by atoms with Crippen LogP contribution in [0.25, 0.3) is 88.4 Å². The highest BCUT2D eigenvalue weighted by Crippen LogP contribution is 2.43. The van der Waals surface area contributed by atoms with E-state index in [1.807, 2.05) is 0 Å². The molecule has 0 aliphatic carbocycles. The van der Waals surface area contributed by atoms with E-state index >= 15 is 0 Å². The molecule has 2 heterocycles. The van der Waals surface area contributed by atoms with Gasteiger partial charge in [0.25, 0.3) is 0 Å². The third-order valence-electron chi connectivity index (χ3n) is 10.1. The molecule has 50 heavy (non-hydrogen) atoms. The summed E-state index contributed by atoms with van der Waals surface area (Å²) in [5, 5.41) is 5.00. The van der Waals surface area contributed by atoms with Gasteiger partial charge in [0.15, 0.2) is 0 Å². The van der Waals surface area contributed by atoms with E-state index in [0.29, 0.717) is 0 Å². The van der Waals surface area contributed by atoms with Crippen molar-refractivity contribution in [2.75, 3.05) is 0 Å². The first kappa shape index (κ1) is 28.4. The van der Waals surface area contributed by atoms with Crippen LogP contribution in [0.15, 0.2) is 194 Å². The van der Waals surface area contributed by atoms with Crippen LogP contribution >= 0.6 is 0 Å². The minimum atomic E-state index is 1.15. The topological polar surface area (TPSA) is 9.86 Å². The molecule has 0 atom stereocenters. The van der Waals surface area contributed by atoms with Gasteiger partial charge in [0.1, 0.15) is 0 Å². The summed E-state index contributed by atoms with van der Waals surface area (Å²) in [6.45, 7) is 0. The summed E-state index contributed by atoms with van der Waals surface area (Å²) in [5.41, 5.74) is 14.4. The molecule has 0 spiro atoms. The van der Waals surface area contributed by atoms with E-state index in [0.717, 1.165) is 5.69 Å². The van der Waals surface area contributed by atoms with Gasteiger partial charge in [0.05, 0.1) is 27.8 Å². The molecule has 0 fully saturated rings. The maximum Gasteiger partial charge on any atom is 0.0562 e. The van der Waals surface area contributed by atoms with Crippen molar-refractivity contribution in [3.8, 4) is 44.8 Å². The first-order valence-corrected chi connectivity index (χ1v) is 17.2. The molecule has 0 saturated heterocycles. The van der Waals surface area contributed by atoms with Crippen LogP contribution in [0.4, 0.5) is 0 Å². The Hall–Kier alpha value is -6.64. The van der Waals surface area contributed by atoms with Gasteiger partial charge in [-0.15, -0.1) is 0 Å². The van der Waals surface area contributed by atoms with Crippen LogP contribution in [-0.4, -0.2) is 9.13 Å². The molecule has 0 N–H and O–H groups in total. The highest BCUT2D eigenvalue weighted by molar-refractivity contribution is 6.19. The van der Waals surface area contributed by atoms with Crippen molar-refractivity contribution in [1.29, 1.82) is 0 Å². The first-order chi connectivity index (χ1) is 24.8. The van der Waals surface area contributed by atoms with E-state index in [1.54, 1.807) is 0 Å². The Morgan fingerprint density at radius 1 is 0.280 bits per heavy atom. The number of benzene rings is 8. The summed E-state index contributed by atoms with van der Waals surface area (Å²) in [5.74, 6) is 0. The van der Waals surface area contributed by atoms with E-state index in [4.69, 9.17) is 0 Å². The number of para-hydroxylation sites is 2. The number of nitrogens with zero attached hydrogens (tertiary/aromatic N) is 2. The molecule has 2 aromatic heterocycles. The molecule has 0 aliphatic rings. The zero-order valence-electron chi connectivity index (χ0n) is 27.4. The standard InChI is InChI=1S/C48H32N2/c1-3-15-33(16-4-1)35-19-11-21-37(31-35)39-25-13-28-44-47(39)40-23-7-10-27-43(40)50(44)46-30-14-29-45-48(46)41-24-8-9-26-42(41)49(45)38-22-12-20-36(32-38)34-17-5-2-6-18-34/h1-32H. The number of fused-ring (bicyclic) bond motifs is 6. The van der Waals surface area contributed by atoms with Gasteiger partial charge < -0.3 is 9.13 Å². The van der Waals surface area contributed by atoms with Crippen LogP contribution in [0.5, 0.6) is 0 Å². The largest absolute Gasteiger partial charge is 0.309 e. The van der Waals surface area contributed by atoms with Crippen LogP contribution in [0.2, 0.25) is 0 Å². The lowest BCUT2D eigenvalue weighted by atomic mass is 9.96. The summed E-state index contributed by atoms with van der Waals surface area (Å²) in [7, 11) is 0. The van der Waals surface area contributed by atoms with Crippen molar-refractivity contribution in [2.24, 2.45) is 0 Å². The Labute approximate surface area is 290 Å². The first-order valence-electron chi connectivity index (χ1n) is 17.2. The lowest BCUT2D eigenvalue weighted by Gasteiger charge is -2.13. The van der Waals surface area contributed by atoms with Gasteiger partial charge in [0.2, 0.25) is 0 Å². The second kappa shape index (κ2) is 11.5. The fourth-order valence-electron chi connectivity index (χ4n) is 7.94. The van der Waals surface area contributed by atoms with E-state index < -0.39 is 0 Å². The normalized spacial score (nSPS) is 11.6. The molecule has 0 unspecified atom stereocenters. The molecule has 2 heteroatoms. The maximum atomic E-state index is 2.48. The Bertz CT molecular complexity index is 2860. The monoisotopic (exact) mass is 636 g/mol. The zero-order chi connectivity index (χ0) is 33.0. The zero-order valence-corrected chi connectivity index (χ0v) is 27.4. The Balaban J connectivity index is 1.24. The van der Waals surface area contributed by atoms with Crippen LogP contribution in [0, 0.1) is 0 Å². The number of rotatable bonds is 5. The van der Waals surface area contributed by atoms with Crippen molar-refractivity contribution in [2.45, 2.75) is 0 Å². The van der Waals surface area contributed by atoms with E-state index in [-0.39, 0.29) is 0 Å². The Kier molecular flexibility index (Phi) is 6.53. The second-order valence-electron chi connectivity index (χ2n) is 12.9. The van der Waals surface area contributed by atoms with Gasteiger partial charge in [-0.2, -0.15) is 0 Å². The number of hydrogen-bond donors (Lipinski definition) is 0. The molecule has 2 nitrogen and oxygen atoms in total. The fourth-order valence-corrected chi connectivity index (χ4v) is 7.94. The Morgan fingerprint density at radius 2 is 0.760 bits per heavy atom. The third kappa shape index (κ3) is 4.43. The molecule has 0 aliphatic heterocycles. The highest BCUT2D eigenvalue weighted by Gasteiger charge is 2.21. The molecular formula is C48H32N2. The number of aromatic nitrogens is 2. The number of hydrogen-bond acceptors (Lipinski definition) is 0. The average molecular weight is 637 g/mol. The van der Waals surface area contributed by atoms with Crippen molar-refractivity contribution in [1.82, 2.24) is 9.13 Å². The van der Waals surface area contributed by atoms with Crippen LogP contribution in [-0.2, 0) is 0 Å². The Morgan fingerprint density at radius 3 is 1.48 bits per heavy atom. The van der Waals surface area contributed by atoms with Crippen LogP contribution in [0.1, 0.15) is 0 Å². The molecular weight excluding hydrogens is 605 g/mol. The molecule has 0 amide bonds. The van der Waals surface area contributed by atoms with Gasteiger partial charge in [-0.1, -0.05) is 146 Å². The van der Waals surface area contributed by atoms with Gasteiger partial charge in [-0.05, 0) is 81.9 Å². The third-order valence-corrected chi connectivity index (χ3v) is 10.1. The lowest BCUT2D eigenvalue weighted by Crippen LogP contribution is -1.97. The minimum Gasteiger partial charge on any atom is -0.309 e. The van der Waals surface area contributed by atoms with Gasteiger partial charge in [-0.3, -0.25) is 0 Å². The highest BCUT2D eigenvalue weighted by atomic mass is 15.0. The van der Waals surface area contributed by atoms with E-state index in [1.165, 1.54) is 82.7 Å². The molecule has 8 aromatic carbocycles. The summed E-state index contributed by atoms with van der Waals surface area (Å²) < 4.78 is 4.91.